The van der Waals surface area contributed by atoms with Crippen LogP contribution in [0.1, 0.15) is 36.0 Å². The van der Waals surface area contributed by atoms with Gasteiger partial charge in [0.25, 0.3) is 0 Å². The molecule has 18 heavy (non-hydrogen) atoms. The summed E-state index contributed by atoms with van der Waals surface area (Å²) in [5.74, 6) is 0. The van der Waals surface area contributed by atoms with Gasteiger partial charge in [-0.3, -0.25) is 0 Å². The molecule has 2 aromatic rings. The average molecular weight is 238 g/mol. The second-order valence-electron chi connectivity index (χ2n) is 5.09. The first-order valence-corrected chi connectivity index (χ1v) is 6.67. The maximum Gasteiger partial charge on any atom is 0.115 e. The highest BCUT2D eigenvalue weighted by molar-refractivity contribution is 5.41. The molecule has 92 valence electrons. The third kappa shape index (κ3) is 1.85. The van der Waals surface area contributed by atoms with Gasteiger partial charge in [0, 0.05) is 0 Å². The molecule has 0 amide bonds. The minimum absolute atomic E-state index is 0.811. The lowest BCUT2D eigenvalue weighted by atomic mass is 9.82. The highest BCUT2D eigenvalue weighted by atomic mass is 16.3. The Bertz CT molecular complexity index is 532. The van der Waals surface area contributed by atoms with E-state index < -0.39 is 5.60 Å². The van der Waals surface area contributed by atoms with Crippen molar-refractivity contribution in [2.75, 3.05) is 0 Å². The summed E-state index contributed by atoms with van der Waals surface area (Å²) in [6, 6.07) is 18.4. The normalized spacial score (nSPS) is 23.2. The summed E-state index contributed by atoms with van der Waals surface area (Å²) in [7, 11) is 0. The van der Waals surface area contributed by atoms with Crippen LogP contribution < -0.4 is 0 Å². The molecule has 0 aliphatic heterocycles. The Labute approximate surface area is 108 Å². The van der Waals surface area contributed by atoms with Gasteiger partial charge in [-0.25, -0.2) is 0 Å². The molecule has 0 bridgehead atoms. The fraction of sp³-hybridized carbons (Fsp3) is 0.294. The maximum atomic E-state index is 11.2. The molecule has 0 aromatic heterocycles. The molecule has 0 heterocycles. The summed E-state index contributed by atoms with van der Waals surface area (Å²) in [5, 5.41) is 11.2. The van der Waals surface area contributed by atoms with E-state index in [4.69, 9.17) is 0 Å². The molecule has 0 saturated heterocycles. The highest BCUT2D eigenvalue weighted by Crippen LogP contribution is 2.39. The van der Waals surface area contributed by atoms with Crippen molar-refractivity contribution in [1.29, 1.82) is 0 Å². The van der Waals surface area contributed by atoms with Crippen LogP contribution >= 0.6 is 0 Å². The molecule has 2 aromatic carbocycles. The van der Waals surface area contributed by atoms with Gasteiger partial charge in [-0.1, -0.05) is 54.6 Å². The van der Waals surface area contributed by atoms with Crippen LogP contribution in [0.5, 0.6) is 0 Å². The second kappa shape index (κ2) is 4.58. The lowest BCUT2D eigenvalue weighted by molar-refractivity contribution is 0.0704. The zero-order chi connectivity index (χ0) is 12.4. The molecule has 0 fully saturated rings. The Morgan fingerprint density at radius 2 is 1.56 bits per heavy atom. The van der Waals surface area contributed by atoms with E-state index >= 15 is 0 Å². The largest absolute Gasteiger partial charge is 0.380 e. The molecule has 1 N–H and O–H groups in total. The topological polar surface area (TPSA) is 20.2 Å². The van der Waals surface area contributed by atoms with Gasteiger partial charge in [-0.2, -0.15) is 0 Å². The second-order valence-corrected chi connectivity index (χ2v) is 5.09. The van der Waals surface area contributed by atoms with E-state index in [9.17, 15) is 5.11 Å². The van der Waals surface area contributed by atoms with Crippen molar-refractivity contribution in [2.45, 2.75) is 31.3 Å². The van der Waals surface area contributed by atoms with Crippen LogP contribution in [-0.2, 0) is 12.0 Å². The van der Waals surface area contributed by atoms with Crippen LogP contribution in [0.15, 0.2) is 54.6 Å². The number of hydrogen-bond acceptors (Lipinski definition) is 1. The van der Waals surface area contributed by atoms with Gasteiger partial charge in [-0.15, -0.1) is 0 Å². The van der Waals surface area contributed by atoms with Crippen molar-refractivity contribution in [3.63, 3.8) is 0 Å². The molecular formula is C17H18O. The van der Waals surface area contributed by atoms with Crippen molar-refractivity contribution < 1.29 is 5.11 Å². The first-order chi connectivity index (χ1) is 8.81. The van der Waals surface area contributed by atoms with E-state index in [0.717, 1.165) is 36.8 Å². The van der Waals surface area contributed by atoms with E-state index in [2.05, 4.69) is 18.2 Å². The van der Waals surface area contributed by atoms with Gasteiger partial charge in [0.15, 0.2) is 0 Å². The Morgan fingerprint density at radius 3 is 2.39 bits per heavy atom. The maximum absolute atomic E-state index is 11.2. The van der Waals surface area contributed by atoms with Crippen LogP contribution in [-0.4, -0.2) is 5.11 Å². The molecular weight excluding hydrogens is 220 g/mol. The van der Waals surface area contributed by atoms with Crippen molar-refractivity contribution in [1.82, 2.24) is 0 Å². The van der Waals surface area contributed by atoms with Gasteiger partial charge in [0.05, 0.1) is 0 Å². The van der Waals surface area contributed by atoms with Crippen molar-refractivity contribution in [3.05, 3.63) is 71.3 Å². The molecule has 0 spiro atoms. The molecule has 0 saturated carbocycles. The third-order valence-corrected chi connectivity index (χ3v) is 3.95. The average Bonchev–Trinajstić information content (AvgIpc) is 2.61. The van der Waals surface area contributed by atoms with Gasteiger partial charge in [0.1, 0.15) is 5.60 Å². The number of hydrogen-bond donors (Lipinski definition) is 1. The summed E-state index contributed by atoms with van der Waals surface area (Å²) < 4.78 is 0. The van der Waals surface area contributed by atoms with E-state index in [-0.39, 0.29) is 0 Å². The lowest BCUT2D eigenvalue weighted by Gasteiger charge is -2.29. The van der Waals surface area contributed by atoms with Gasteiger partial charge < -0.3 is 5.11 Å². The van der Waals surface area contributed by atoms with Gasteiger partial charge in [-0.05, 0) is 42.4 Å². The van der Waals surface area contributed by atoms with Gasteiger partial charge in [0.2, 0.25) is 0 Å². The predicted octanol–water partition coefficient (Wildman–Crippen LogP) is 3.65. The van der Waals surface area contributed by atoms with Crippen molar-refractivity contribution in [3.8, 4) is 0 Å². The molecule has 1 unspecified atom stereocenters. The van der Waals surface area contributed by atoms with Crippen molar-refractivity contribution >= 4 is 0 Å². The first-order valence-electron chi connectivity index (χ1n) is 6.67. The van der Waals surface area contributed by atoms with Crippen LogP contribution in [0.25, 0.3) is 0 Å². The number of benzene rings is 2. The lowest BCUT2D eigenvalue weighted by Crippen LogP contribution is -2.27. The number of fused-ring (bicyclic) bond motifs is 1. The summed E-state index contributed by atoms with van der Waals surface area (Å²) in [4.78, 5) is 0. The quantitative estimate of drug-likeness (QED) is 0.752. The molecule has 0 radical (unpaired) electrons. The Kier molecular flexibility index (Phi) is 2.92. The minimum Gasteiger partial charge on any atom is -0.380 e. The van der Waals surface area contributed by atoms with Crippen LogP contribution in [0.4, 0.5) is 0 Å². The van der Waals surface area contributed by atoms with Crippen LogP contribution in [0, 0.1) is 0 Å². The van der Waals surface area contributed by atoms with Crippen molar-refractivity contribution in [2.24, 2.45) is 0 Å². The zero-order valence-electron chi connectivity index (χ0n) is 10.5. The Balaban J connectivity index is 2.16. The summed E-state index contributed by atoms with van der Waals surface area (Å²) >= 11 is 0. The van der Waals surface area contributed by atoms with Crippen LogP contribution in [0.3, 0.4) is 0 Å². The monoisotopic (exact) mass is 238 g/mol. The summed E-state index contributed by atoms with van der Waals surface area (Å²) in [5.41, 5.74) is 2.59. The third-order valence-electron chi connectivity index (χ3n) is 3.95. The zero-order valence-corrected chi connectivity index (χ0v) is 10.5. The first kappa shape index (κ1) is 11.5. The standard InChI is InChI=1S/C17H18O/c18-17(15-10-2-1-3-11-15)13-7-6-9-14-8-4-5-12-16(14)17/h1-5,8,10-12,18H,6-7,9,13H2. The SMILES string of the molecule is OC1(c2ccccc2)CCCCc2ccccc21. The van der Waals surface area contributed by atoms with Gasteiger partial charge >= 0.3 is 0 Å². The highest BCUT2D eigenvalue weighted by Gasteiger charge is 2.34. The molecule has 1 aliphatic carbocycles. The van der Waals surface area contributed by atoms with E-state index in [1.54, 1.807) is 0 Å². The smallest absolute Gasteiger partial charge is 0.115 e. The van der Waals surface area contributed by atoms with E-state index in [1.165, 1.54) is 5.56 Å². The fourth-order valence-corrected chi connectivity index (χ4v) is 2.99. The molecule has 1 heteroatoms. The molecule has 3 rings (SSSR count). The molecule has 1 atom stereocenters. The summed E-state index contributed by atoms with van der Waals surface area (Å²) in [6.45, 7) is 0. The molecule has 1 nitrogen and oxygen atoms in total. The number of rotatable bonds is 1. The number of aryl methyl sites for hydroxylation is 1. The summed E-state index contributed by atoms with van der Waals surface area (Å²) in [6.07, 6.45) is 4.12. The van der Waals surface area contributed by atoms with E-state index in [0.29, 0.717) is 0 Å². The van der Waals surface area contributed by atoms with E-state index in [1.807, 2.05) is 36.4 Å². The fourth-order valence-electron chi connectivity index (χ4n) is 2.99. The Hall–Kier alpha value is -1.60. The Morgan fingerprint density at radius 1 is 0.833 bits per heavy atom. The molecule has 1 aliphatic rings. The minimum atomic E-state index is -0.811. The van der Waals surface area contributed by atoms with Crippen LogP contribution in [0.2, 0.25) is 0 Å². The number of aliphatic hydroxyl groups is 1. The predicted molar refractivity (Wildman–Crippen MR) is 73.4 cm³/mol.